The molecule has 0 bridgehead atoms. The van der Waals surface area contributed by atoms with Crippen LogP contribution in [0, 0.1) is 17.6 Å². The van der Waals surface area contributed by atoms with E-state index in [4.69, 9.17) is 27.9 Å². The number of hydrogen-bond donors (Lipinski definition) is 2. The van der Waals surface area contributed by atoms with Crippen molar-refractivity contribution in [2.45, 2.75) is 30.7 Å². The van der Waals surface area contributed by atoms with Crippen molar-refractivity contribution in [3.63, 3.8) is 0 Å². The minimum absolute atomic E-state index is 0.0750. The van der Waals surface area contributed by atoms with Crippen molar-refractivity contribution in [1.29, 1.82) is 0 Å². The number of anilines is 1. The summed E-state index contributed by atoms with van der Waals surface area (Å²) in [6, 6.07) is 7.78. The van der Waals surface area contributed by atoms with Gasteiger partial charge in [0.1, 0.15) is 17.4 Å². The number of ether oxygens (including phenoxy) is 1. The summed E-state index contributed by atoms with van der Waals surface area (Å²) >= 11 is 14.8. The average Bonchev–Trinajstić information content (AvgIpc) is 3.34. The fourth-order valence-corrected chi connectivity index (χ4v) is 5.63. The van der Waals surface area contributed by atoms with E-state index >= 15 is 0 Å². The molecule has 2 N–H and O–H groups in total. The lowest BCUT2D eigenvalue weighted by Gasteiger charge is -2.33. The SMILES string of the molecule is CCNC1CCC=C(c2ccc(Cl)c(F)c2)C1COc1cc(F)c(SNc2nccs2)cc1Cl. The fraction of sp³-hybridized carbons (Fsp3) is 0.292. The molecule has 0 spiro atoms. The Morgan fingerprint density at radius 2 is 2.03 bits per heavy atom. The molecule has 4 rings (SSSR count). The minimum atomic E-state index is -0.463. The standard InChI is InChI=1S/C24H23Cl2F2N3OS2/c1-2-29-21-5-3-4-15(14-6-7-17(25)19(27)10-14)16(21)13-32-22-12-20(28)23(11-18(22)26)34-31-24-30-8-9-33-24/h4,6-12,16,21,29H,2-3,5,13H2,1H3,(H,30,31). The van der Waals surface area contributed by atoms with Crippen LogP contribution >= 0.6 is 46.5 Å². The van der Waals surface area contributed by atoms with E-state index in [0.717, 1.165) is 42.5 Å². The topological polar surface area (TPSA) is 46.2 Å². The Labute approximate surface area is 215 Å². The average molecular weight is 543 g/mol. The molecule has 1 aliphatic carbocycles. The van der Waals surface area contributed by atoms with E-state index in [0.29, 0.717) is 15.0 Å². The molecule has 3 aromatic rings. The number of benzene rings is 2. The first-order valence-electron chi connectivity index (χ1n) is 10.8. The number of nitrogens with zero attached hydrogens (tertiary/aromatic N) is 1. The maximum Gasteiger partial charge on any atom is 0.192 e. The van der Waals surface area contributed by atoms with Crippen LogP contribution in [0.2, 0.25) is 10.0 Å². The number of hydrogen-bond acceptors (Lipinski definition) is 6. The molecule has 10 heteroatoms. The van der Waals surface area contributed by atoms with E-state index in [1.807, 2.05) is 18.4 Å². The molecule has 2 aromatic carbocycles. The fourth-order valence-electron chi connectivity index (χ4n) is 3.96. The smallest absolute Gasteiger partial charge is 0.192 e. The van der Waals surface area contributed by atoms with Crippen LogP contribution in [0.1, 0.15) is 25.3 Å². The van der Waals surface area contributed by atoms with Gasteiger partial charge in [-0.05, 0) is 60.7 Å². The Balaban J connectivity index is 1.51. The lowest BCUT2D eigenvalue weighted by atomic mass is 9.80. The summed E-state index contributed by atoms with van der Waals surface area (Å²) in [5.74, 6) is -0.722. The van der Waals surface area contributed by atoms with Gasteiger partial charge in [0, 0.05) is 29.6 Å². The first-order valence-corrected chi connectivity index (χ1v) is 13.2. The van der Waals surface area contributed by atoms with Crippen molar-refractivity contribution in [1.82, 2.24) is 10.3 Å². The first kappa shape index (κ1) is 25.3. The third-order valence-electron chi connectivity index (χ3n) is 5.53. The second kappa shape index (κ2) is 11.7. The maximum atomic E-state index is 14.8. The Kier molecular flexibility index (Phi) is 8.71. The van der Waals surface area contributed by atoms with Crippen molar-refractivity contribution in [2.75, 3.05) is 17.9 Å². The molecule has 0 saturated heterocycles. The highest BCUT2D eigenvalue weighted by molar-refractivity contribution is 8.00. The molecule has 2 unspecified atom stereocenters. The zero-order valence-corrected chi connectivity index (χ0v) is 21.4. The van der Waals surface area contributed by atoms with Gasteiger partial charge in [-0.25, -0.2) is 13.8 Å². The molecule has 34 heavy (non-hydrogen) atoms. The van der Waals surface area contributed by atoms with Gasteiger partial charge in [0.2, 0.25) is 0 Å². The molecule has 0 fully saturated rings. The molecule has 180 valence electrons. The summed E-state index contributed by atoms with van der Waals surface area (Å²) in [4.78, 5) is 4.45. The van der Waals surface area contributed by atoms with Crippen LogP contribution in [0.25, 0.3) is 5.57 Å². The highest BCUT2D eigenvalue weighted by Crippen LogP contribution is 2.37. The van der Waals surface area contributed by atoms with E-state index in [2.05, 4.69) is 21.1 Å². The number of aromatic nitrogens is 1. The van der Waals surface area contributed by atoms with E-state index in [1.54, 1.807) is 12.3 Å². The molecule has 0 aliphatic heterocycles. The number of thiazole rings is 1. The van der Waals surface area contributed by atoms with Gasteiger partial charge in [0.05, 0.1) is 21.5 Å². The predicted molar refractivity (Wildman–Crippen MR) is 138 cm³/mol. The Hall–Kier alpha value is -1.84. The zero-order chi connectivity index (χ0) is 24.1. The molecular weight excluding hydrogens is 519 g/mol. The van der Waals surface area contributed by atoms with Crippen molar-refractivity contribution in [3.8, 4) is 5.75 Å². The third-order valence-corrected chi connectivity index (χ3v) is 7.78. The summed E-state index contributed by atoms with van der Waals surface area (Å²) in [6.45, 7) is 3.09. The van der Waals surface area contributed by atoms with Crippen molar-refractivity contribution >= 4 is 57.2 Å². The summed E-state index contributed by atoms with van der Waals surface area (Å²) in [6.07, 6.45) is 5.56. The number of allylic oxidation sites excluding steroid dienone is 1. The lowest BCUT2D eigenvalue weighted by Crippen LogP contribution is -2.41. The minimum Gasteiger partial charge on any atom is -0.491 e. The predicted octanol–water partition coefficient (Wildman–Crippen LogP) is 7.70. The van der Waals surface area contributed by atoms with Gasteiger partial charge in [-0.2, -0.15) is 0 Å². The van der Waals surface area contributed by atoms with Gasteiger partial charge in [0.15, 0.2) is 5.13 Å². The van der Waals surface area contributed by atoms with Gasteiger partial charge < -0.3 is 14.8 Å². The molecule has 1 aromatic heterocycles. The van der Waals surface area contributed by atoms with E-state index in [9.17, 15) is 8.78 Å². The lowest BCUT2D eigenvalue weighted by molar-refractivity contribution is 0.236. The molecule has 0 amide bonds. The molecule has 2 atom stereocenters. The van der Waals surface area contributed by atoms with Gasteiger partial charge >= 0.3 is 0 Å². The van der Waals surface area contributed by atoms with Gasteiger partial charge in [-0.3, -0.25) is 0 Å². The van der Waals surface area contributed by atoms with Crippen LogP contribution in [0.5, 0.6) is 5.75 Å². The normalized spacial score (nSPS) is 18.0. The second-order valence-electron chi connectivity index (χ2n) is 7.70. The number of nitrogens with one attached hydrogen (secondary N) is 2. The number of rotatable bonds is 9. The largest absolute Gasteiger partial charge is 0.491 e. The third kappa shape index (κ3) is 6.04. The Bertz CT molecular complexity index is 1160. The van der Waals surface area contributed by atoms with Crippen LogP contribution in [-0.2, 0) is 0 Å². The highest BCUT2D eigenvalue weighted by Gasteiger charge is 2.29. The summed E-state index contributed by atoms with van der Waals surface area (Å²) in [5.41, 5.74) is 1.74. The molecule has 1 heterocycles. The molecule has 4 nitrogen and oxygen atoms in total. The van der Waals surface area contributed by atoms with Crippen LogP contribution in [0.4, 0.5) is 13.9 Å². The molecular formula is C24H23Cl2F2N3OS2. The van der Waals surface area contributed by atoms with Crippen molar-refractivity contribution < 1.29 is 13.5 Å². The van der Waals surface area contributed by atoms with Crippen molar-refractivity contribution in [3.05, 3.63) is 75.2 Å². The van der Waals surface area contributed by atoms with Gasteiger partial charge in [-0.15, -0.1) is 11.3 Å². The highest BCUT2D eigenvalue weighted by atomic mass is 35.5. The van der Waals surface area contributed by atoms with Crippen molar-refractivity contribution in [2.24, 2.45) is 5.92 Å². The summed E-state index contributed by atoms with van der Waals surface area (Å²) in [7, 11) is 0. The Morgan fingerprint density at radius 3 is 2.76 bits per heavy atom. The monoisotopic (exact) mass is 541 g/mol. The van der Waals surface area contributed by atoms with E-state index < -0.39 is 11.6 Å². The number of halogens is 4. The summed E-state index contributed by atoms with van der Waals surface area (Å²) < 4.78 is 37.9. The first-order chi connectivity index (χ1) is 16.5. The van der Waals surface area contributed by atoms with Crippen LogP contribution in [0.15, 0.2) is 52.9 Å². The zero-order valence-electron chi connectivity index (χ0n) is 18.3. The van der Waals surface area contributed by atoms with Crippen LogP contribution in [0.3, 0.4) is 0 Å². The molecule has 1 aliphatic rings. The molecule has 0 saturated carbocycles. The van der Waals surface area contributed by atoms with E-state index in [1.165, 1.54) is 29.5 Å². The molecule has 0 radical (unpaired) electrons. The van der Waals surface area contributed by atoms with Crippen LogP contribution in [-0.4, -0.2) is 24.2 Å². The van der Waals surface area contributed by atoms with E-state index in [-0.39, 0.29) is 29.3 Å². The van der Waals surface area contributed by atoms with Gasteiger partial charge in [0.25, 0.3) is 0 Å². The second-order valence-corrected chi connectivity index (χ2v) is 10.3. The summed E-state index contributed by atoms with van der Waals surface area (Å²) in [5, 5.41) is 6.39. The quantitative estimate of drug-likeness (QED) is 0.272. The Morgan fingerprint density at radius 1 is 1.18 bits per heavy atom. The maximum absolute atomic E-state index is 14.8. The van der Waals surface area contributed by atoms with Gasteiger partial charge in [-0.1, -0.05) is 42.3 Å². The van der Waals surface area contributed by atoms with Crippen LogP contribution < -0.4 is 14.8 Å².